The molecule has 122 valence electrons. The summed E-state index contributed by atoms with van der Waals surface area (Å²) < 4.78 is 7.70. The molecule has 1 aliphatic carbocycles. The molecular weight excluding hydrogens is 294 g/mol. The van der Waals surface area contributed by atoms with Crippen LogP contribution in [0.4, 0.5) is 5.69 Å². The average molecular weight is 315 g/mol. The molecule has 0 radical (unpaired) electrons. The molecule has 2 unspecified atom stereocenters. The number of carbonyl (C=O) groups is 1. The van der Waals surface area contributed by atoms with E-state index in [4.69, 9.17) is 4.74 Å². The first kappa shape index (κ1) is 15.6. The van der Waals surface area contributed by atoms with Gasteiger partial charge in [0.05, 0.1) is 30.6 Å². The number of nitrogens with zero attached hydrogens (tertiary/aromatic N) is 2. The number of amides is 1. The van der Waals surface area contributed by atoms with Crippen molar-refractivity contribution in [1.29, 1.82) is 0 Å². The Morgan fingerprint density at radius 1 is 1.39 bits per heavy atom. The molecule has 2 atom stereocenters. The number of imidazole rings is 1. The van der Waals surface area contributed by atoms with Crippen LogP contribution in [-0.2, 0) is 11.3 Å². The lowest BCUT2D eigenvalue weighted by Crippen LogP contribution is -2.28. The molecule has 0 bridgehead atoms. The third-order valence-corrected chi connectivity index (χ3v) is 4.13. The van der Waals surface area contributed by atoms with Gasteiger partial charge in [-0.1, -0.05) is 12.1 Å². The van der Waals surface area contributed by atoms with Gasteiger partial charge in [0.2, 0.25) is 5.91 Å². The molecule has 2 aromatic rings. The minimum atomic E-state index is -0.538. The number of hydrogen-bond donors (Lipinski definition) is 2. The minimum Gasteiger partial charge on any atom is -0.490 e. The highest BCUT2D eigenvalue weighted by molar-refractivity contribution is 5.94. The molecule has 6 heteroatoms. The van der Waals surface area contributed by atoms with Gasteiger partial charge in [-0.15, -0.1) is 0 Å². The molecule has 1 aromatic carbocycles. The molecule has 3 rings (SSSR count). The molecule has 0 saturated heterocycles. The molecule has 1 fully saturated rings. The van der Waals surface area contributed by atoms with Crippen molar-refractivity contribution in [2.45, 2.75) is 31.9 Å². The van der Waals surface area contributed by atoms with Crippen molar-refractivity contribution in [1.82, 2.24) is 9.55 Å². The number of hydrogen-bond acceptors (Lipinski definition) is 4. The molecule has 1 aromatic heterocycles. The van der Waals surface area contributed by atoms with E-state index in [1.54, 1.807) is 12.5 Å². The van der Waals surface area contributed by atoms with Gasteiger partial charge in [-0.05, 0) is 31.4 Å². The van der Waals surface area contributed by atoms with E-state index in [2.05, 4.69) is 10.3 Å². The smallest absolute Gasteiger partial charge is 0.230 e. The van der Waals surface area contributed by atoms with Crippen molar-refractivity contribution in [3.05, 3.63) is 43.0 Å². The fourth-order valence-corrected chi connectivity index (χ4v) is 2.85. The van der Waals surface area contributed by atoms with Gasteiger partial charge in [0, 0.05) is 12.4 Å². The summed E-state index contributed by atoms with van der Waals surface area (Å²) in [4.78, 5) is 16.3. The fourth-order valence-electron chi connectivity index (χ4n) is 2.85. The Kier molecular flexibility index (Phi) is 4.92. The maximum atomic E-state index is 12.3. The quantitative estimate of drug-likeness (QED) is 0.855. The third-order valence-electron chi connectivity index (χ3n) is 4.13. The van der Waals surface area contributed by atoms with E-state index < -0.39 is 6.10 Å². The summed E-state index contributed by atoms with van der Waals surface area (Å²) in [5.74, 6) is 0.170. The lowest BCUT2D eigenvalue weighted by molar-refractivity contribution is -0.122. The number of aliphatic hydroxyl groups excluding tert-OH is 1. The summed E-state index contributed by atoms with van der Waals surface area (Å²) >= 11 is 0. The standard InChI is InChI=1S/C17H21N3O3/c21-15-6-3-4-13(15)17(22)19-14-5-1-2-7-16(14)23-11-10-20-9-8-18-12-20/h1-2,5,7-9,12-13,15,21H,3-4,6,10-11H2,(H,19,22). The summed E-state index contributed by atoms with van der Waals surface area (Å²) in [6.45, 7) is 1.17. The van der Waals surface area contributed by atoms with Crippen LogP contribution in [-0.4, -0.2) is 33.3 Å². The highest BCUT2D eigenvalue weighted by Crippen LogP contribution is 2.29. The number of para-hydroxylation sites is 2. The second-order valence-electron chi connectivity index (χ2n) is 5.74. The Morgan fingerprint density at radius 2 is 2.26 bits per heavy atom. The van der Waals surface area contributed by atoms with Gasteiger partial charge in [0.15, 0.2) is 0 Å². The summed E-state index contributed by atoms with van der Waals surface area (Å²) in [6, 6.07) is 7.36. The minimum absolute atomic E-state index is 0.138. The lowest BCUT2D eigenvalue weighted by Gasteiger charge is -2.17. The maximum absolute atomic E-state index is 12.3. The van der Waals surface area contributed by atoms with Gasteiger partial charge in [-0.25, -0.2) is 4.98 Å². The number of carbonyl (C=O) groups excluding carboxylic acids is 1. The van der Waals surface area contributed by atoms with Crippen molar-refractivity contribution >= 4 is 11.6 Å². The molecule has 1 amide bonds. The first-order valence-electron chi connectivity index (χ1n) is 7.90. The maximum Gasteiger partial charge on any atom is 0.230 e. The van der Waals surface area contributed by atoms with Crippen molar-refractivity contribution in [2.24, 2.45) is 5.92 Å². The monoisotopic (exact) mass is 315 g/mol. The van der Waals surface area contributed by atoms with Crippen LogP contribution in [0.3, 0.4) is 0 Å². The van der Waals surface area contributed by atoms with Crippen molar-refractivity contribution < 1.29 is 14.6 Å². The Morgan fingerprint density at radius 3 is 3.00 bits per heavy atom. The summed E-state index contributed by atoms with van der Waals surface area (Å²) in [5.41, 5.74) is 0.641. The van der Waals surface area contributed by atoms with Crippen molar-refractivity contribution in [3.8, 4) is 5.75 Å². The second kappa shape index (κ2) is 7.28. The molecule has 2 N–H and O–H groups in total. The zero-order valence-electron chi connectivity index (χ0n) is 12.9. The topological polar surface area (TPSA) is 76.4 Å². The van der Waals surface area contributed by atoms with Crippen molar-refractivity contribution in [3.63, 3.8) is 0 Å². The van der Waals surface area contributed by atoms with Gasteiger partial charge < -0.3 is 19.7 Å². The highest BCUT2D eigenvalue weighted by atomic mass is 16.5. The van der Waals surface area contributed by atoms with Crippen molar-refractivity contribution in [2.75, 3.05) is 11.9 Å². The van der Waals surface area contributed by atoms with Gasteiger partial charge in [0.25, 0.3) is 0 Å². The molecule has 1 heterocycles. The Labute approximate surface area is 135 Å². The predicted octanol–water partition coefficient (Wildman–Crippen LogP) is 2.06. The summed E-state index contributed by atoms with van der Waals surface area (Å²) in [5, 5.41) is 12.7. The molecule has 0 spiro atoms. The summed E-state index contributed by atoms with van der Waals surface area (Å²) in [7, 11) is 0. The van der Waals surface area contributed by atoms with Crippen LogP contribution >= 0.6 is 0 Å². The van der Waals surface area contributed by atoms with Gasteiger partial charge in [0.1, 0.15) is 12.4 Å². The zero-order valence-corrected chi connectivity index (χ0v) is 12.9. The van der Waals surface area contributed by atoms with Crippen LogP contribution in [0.15, 0.2) is 43.0 Å². The van der Waals surface area contributed by atoms with Gasteiger partial charge in [-0.3, -0.25) is 4.79 Å². The number of benzene rings is 1. The molecule has 23 heavy (non-hydrogen) atoms. The van der Waals surface area contributed by atoms with Gasteiger partial charge in [-0.2, -0.15) is 0 Å². The number of nitrogens with one attached hydrogen (secondary N) is 1. The number of ether oxygens (including phenoxy) is 1. The van der Waals surface area contributed by atoms with Crippen LogP contribution in [0.2, 0.25) is 0 Å². The number of anilines is 1. The average Bonchev–Trinajstić information content (AvgIpc) is 3.20. The molecule has 1 saturated carbocycles. The zero-order chi connectivity index (χ0) is 16.1. The van der Waals surface area contributed by atoms with E-state index in [9.17, 15) is 9.90 Å². The summed E-state index contributed by atoms with van der Waals surface area (Å²) in [6.07, 6.45) is 7.11. The molecule has 6 nitrogen and oxygen atoms in total. The van der Waals surface area contributed by atoms with Crippen LogP contribution in [0.25, 0.3) is 0 Å². The van der Waals surface area contributed by atoms with Gasteiger partial charge >= 0.3 is 0 Å². The lowest BCUT2D eigenvalue weighted by atomic mass is 10.1. The normalized spacial score (nSPS) is 20.4. The largest absolute Gasteiger partial charge is 0.490 e. The SMILES string of the molecule is O=C(Nc1ccccc1OCCn1ccnc1)C1CCCC1O. The predicted molar refractivity (Wildman–Crippen MR) is 86.1 cm³/mol. The highest BCUT2D eigenvalue weighted by Gasteiger charge is 2.31. The Hall–Kier alpha value is -2.34. The molecule has 0 aliphatic heterocycles. The van der Waals surface area contributed by atoms with E-state index in [-0.39, 0.29) is 11.8 Å². The van der Waals surface area contributed by atoms with E-state index in [0.29, 0.717) is 31.0 Å². The molecule has 1 aliphatic rings. The number of aromatic nitrogens is 2. The Balaban J connectivity index is 1.59. The Bertz CT molecular complexity index is 642. The second-order valence-corrected chi connectivity index (χ2v) is 5.74. The van der Waals surface area contributed by atoms with Crippen LogP contribution in [0.5, 0.6) is 5.75 Å². The van der Waals surface area contributed by atoms with E-state index in [1.807, 2.05) is 35.0 Å². The number of aliphatic hydroxyl groups is 1. The van der Waals surface area contributed by atoms with E-state index in [1.165, 1.54) is 0 Å². The van der Waals surface area contributed by atoms with E-state index in [0.717, 1.165) is 12.8 Å². The first-order chi connectivity index (χ1) is 11.2. The van der Waals surface area contributed by atoms with Crippen LogP contribution in [0.1, 0.15) is 19.3 Å². The fraction of sp³-hybridized carbons (Fsp3) is 0.412. The van der Waals surface area contributed by atoms with Crippen LogP contribution in [0, 0.1) is 5.92 Å². The third kappa shape index (κ3) is 3.90. The first-order valence-corrected chi connectivity index (χ1v) is 7.90. The molecular formula is C17H21N3O3. The number of rotatable bonds is 6. The van der Waals surface area contributed by atoms with E-state index >= 15 is 0 Å². The van der Waals surface area contributed by atoms with Crippen LogP contribution < -0.4 is 10.1 Å².